The minimum Gasteiger partial charge on any atom is -0.396 e. The van der Waals surface area contributed by atoms with Gasteiger partial charge in [-0.3, -0.25) is 0 Å². The molecule has 2 N–H and O–H groups in total. The summed E-state index contributed by atoms with van der Waals surface area (Å²) >= 11 is 0. The topological polar surface area (TPSA) is 68.9 Å². The lowest BCUT2D eigenvalue weighted by molar-refractivity contribution is 0.267. The number of aromatic nitrogens is 1. The molecule has 1 heterocycles. The molecular formula is C12H17N3O. The van der Waals surface area contributed by atoms with E-state index in [4.69, 9.17) is 10.4 Å². The maximum atomic E-state index is 8.95. The van der Waals surface area contributed by atoms with Gasteiger partial charge in [-0.2, -0.15) is 5.26 Å². The second-order valence-corrected chi connectivity index (χ2v) is 4.03. The van der Waals surface area contributed by atoms with E-state index in [9.17, 15) is 0 Å². The molecule has 0 fully saturated rings. The number of nitrogens with zero attached hydrogens (tertiary/aromatic N) is 2. The van der Waals surface area contributed by atoms with Crippen LogP contribution in [0.5, 0.6) is 0 Å². The Morgan fingerprint density at radius 3 is 2.81 bits per heavy atom. The summed E-state index contributed by atoms with van der Waals surface area (Å²) in [5.41, 5.74) is 0.400. The van der Waals surface area contributed by atoms with Crippen LogP contribution in [0.25, 0.3) is 0 Å². The third-order valence-corrected chi connectivity index (χ3v) is 2.44. The molecule has 86 valence electrons. The monoisotopic (exact) mass is 219 g/mol. The lowest BCUT2D eigenvalue weighted by Gasteiger charge is -2.22. The van der Waals surface area contributed by atoms with Gasteiger partial charge in [0.1, 0.15) is 17.6 Å². The number of anilines is 1. The maximum absolute atomic E-state index is 8.95. The second kappa shape index (κ2) is 6.09. The molecule has 4 heteroatoms. The number of pyridine rings is 1. The normalized spacial score (nSPS) is 12.2. The van der Waals surface area contributed by atoms with Gasteiger partial charge in [0.15, 0.2) is 0 Å². The minimum absolute atomic E-state index is 0.147. The van der Waals surface area contributed by atoms with E-state index >= 15 is 0 Å². The van der Waals surface area contributed by atoms with E-state index in [0.717, 1.165) is 0 Å². The van der Waals surface area contributed by atoms with Crippen LogP contribution < -0.4 is 5.32 Å². The van der Waals surface area contributed by atoms with Gasteiger partial charge in [-0.1, -0.05) is 19.9 Å². The smallest absolute Gasteiger partial charge is 0.142 e. The molecular weight excluding hydrogens is 202 g/mol. The number of aliphatic hydroxyl groups is 1. The Balaban J connectivity index is 2.73. The molecule has 1 aromatic heterocycles. The number of hydrogen-bond acceptors (Lipinski definition) is 4. The van der Waals surface area contributed by atoms with E-state index < -0.39 is 0 Å². The van der Waals surface area contributed by atoms with Gasteiger partial charge in [0.05, 0.1) is 0 Å². The average Bonchev–Trinajstić information content (AvgIpc) is 2.28. The molecule has 1 unspecified atom stereocenters. The Hall–Kier alpha value is -1.60. The predicted octanol–water partition coefficient (Wildman–Crippen LogP) is 1.77. The summed E-state index contributed by atoms with van der Waals surface area (Å²) in [7, 11) is 0. The van der Waals surface area contributed by atoms with Crippen molar-refractivity contribution in [3.8, 4) is 6.07 Å². The highest BCUT2D eigenvalue weighted by Crippen LogP contribution is 2.13. The minimum atomic E-state index is 0.147. The molecule has 0 radical (unpaired) electrons. The fourth-order valence-electron chi connectivity index (χ4n) is 1.48. The van der Waals surface area contributed by atoms with Crippen LogP contribution in [0.15, 0.2) is 18.2 Å². The molecule has 1 rings (SSSR count). The summed E-state index contributed by atoms with van der Waals surface area (Å²) < 4.78 is 0. The van der Waals surface area contributed by atoms with Crippen molar-refractivity contribution in [3.05, 3.63) is 23.9 Å². The van der Waals surface area contributed by atoms with Gasteiger partial charge in [0.25, 0.3) is 0 Å². The molecule has 0 spiro atoms. The lowest BCUT2D eigenvalue weighted by Crippen LogP contribution is -2.27. The standard InChI is InChI=1S/C12H17N3O/c1-9(2)11(6-7-16)15-12-5-3-4-10(8-13)14-12/h3-5,9,11,16H,6-7H2,1-2H3,(H,14,15). The van der Waals surface area contributed by atoms with Crippen molar-refractivity contribution in [2.45, 2.75) is 26.3 Å². The summed E-state index contributed by atoms with van der Waals surface area (Å²) in [6.07, 6.45) is 0.677. The molecule has 0 aromatic carbocycles. The Kier molecular flexibility index (Phi) is 4.74. The van der Waals surface area contributed by atoms with Gasteiger partial charge < -0.3 is 10.4 Å². The van der Waals surface area contributed by atoms with Crippen molar-refractivity contribution in [2.24, 2.45) is 5.92 Å². The first kappa shape index (κ1) is 12.5. The molecule has 1 aromatic rings. The summed E-state index contributed by atoms with van der Waals surface area (Å²) in [5.74, 6) is 1.09. The van der Waals surface area contributed by atoms with Gasteiger partial charge >= 0.3 is 0 Å². The molecule has 0 saturated heterocycles. The van der Waals surface area contributed by atoms with Crippen molar-refractivity contribution >= 4 is 5.82 Å². The van der Waals surface area contributed by atoms with Gasteiger partial charge in [0, 0.05) is 12.6 Å². The number of nitriles is 1. The number of nitrogens with one attached hydrogen (secondary N) is 1. The first-order valence-corrected chi connectivity index (χ1v) is 5.42. The second-order valence-electron chi connectivity index (χ2n) is 4.03. The number of aliphatic hydroxyl groups excluding tert-OH is 1. The van der Waals surface area contributed by atoms with Crippen LogP contribution in [-0.2, 0) is 0 Å². The van der Waals surface area contributed by atoms with E-state index in [2.05, 4.69) is 24.1 Å². The summed E-state index contributed by atoms with van der Waals surface area (Å²) in [5, 5.41) is 20.9. The highest BCUT2D eigenvalue weighted by Gasteiger charge is 2.12. The highest BCUT2D eigenvalue weighted by molar-refractivity contribution is 5.39. The van der Waals surface area contributed by atoms with Crippen LogP contribution in [0.2, 0.25) is 0 Å². The molecule has 0 aliphatic rings. The summed E-state index contributed by atoms with van der Waals surface area (Å²) in [6.45, 7) is 4.32. The Bertz CT molecular complexity index is 371. The SMILES string of the molecule is CC(C)C(CCO)Nc1cccc(C#N)n1. The third-order valence-electron chi connectivity index (χ3n) is 2.44. The van der Waals surface area contributed by atoms with E-state index in [-0.39, 0.29) is 12.6 Å². The van der Waals surface area contributed by atoms with Crippen LogP contribution in [-0.4, -0.2) is 22.7 Å². The quantitative estimate of drug-likeness (QED) is 0.792. The third kappa shape index (κ3) is 3.52. The molecule has 4 nitrogen and oxygen atoms in total. The Morgan fingerprint density at radius 1 is 1.50 bits per heavy atom. The summed E-state index contributed by atoms with van der Waals surface area (Å²) in [4.78, 5) is 4.14. The molecule has 16 heavy (non-hydrogen) atoms. The zero-order valence-corrected chi connectivity index (χ0v) is 9.64. The fourth-order valence-corrected chi connectivity index (χ4v) is 1.48. The largest absolute Gasteiger partial charge is 0.396 e. The van der Waals surface area contributed by atoms with Crippen molar-refractivity contribution in [1.82, 2.24) is 4.98 Å². The van der Waals surface area contributed by atoms with E-state index in [0.29, 0.717) is 23.9 Å². The van der Waals surface area contributed by atoms with E-state index in [1.807, 2.05) is 12.1 Å². The van der Waals surface area contributed by atoms with Crippen molar-refractivity contribution in [2.75, 3.05) is 11.9 Å². The molecule has 0 aliphatic carbocycles. The fraction of sp³-hybridized carbons (Fsp3) is 0.500. The average molecular weight is 219 g/mol. The lowest BCUT2D eigenvalue weighted by atomic mass is 10.0. The first-order valence-electron chi connectivity index (χ1n) is 5.42. The van der Waals surface area contributed by atoms with Crippen LogP contribution >= 0.6 is 0 Å². The van der Waals surface area contributed by atoms with Crippen LogP contribution in [0.3, 0.4) is 0 Å². The molecule has 0 amide bonds. The molecule has 0 aliphatic heterocycles. The van der Waals surface area contributed by atoms with Gasteiger partial charge in [-0.25, -0.2) is 4.98 Å². The van der Waals surface area contributed by atoms with Crippen molar-refractivity contribution in [3.63, 3.8) is 0 Å². The van der Waals surface area contributed by atoms with Crippen LogP contribution in [0, 0.1) is 17.2 Å². The zero-order valence-electron chi connectivity index (χ0n) is 9.64. The molecule has 1 atom stereocenters. The van der Waals surface area contributed by atoms with Gasteiger partial charge in [0.2, 0.25) is 0 Å². The van der Waals surface area contributed by atoms with Crippen LogP contribution in [0.1, 0.15) is 26.0 Å². The Labute approximate surface area is 95.9 Å². The van der Waals surface area contributed by atoms with E-state index in [1.54, 1.807) is 12.1 Å². The van der Waals surface area contributed by atoms with Gasteiger partial charge in [-0.15, -0.1) is 0 Å². The predicted molar refractivity (Wildman–Crippen MR) is 62.9 cm³/mol. The summed E-state index contributed by atoms with van der Waals surface area (Å²) in [6, 6.07) is 7.47. The van der Waals surface area contributed by atoms with E-state index in [1.165, 1.54) is 0 Å². The molecule has 0 saturated carbocycles. The number of rotatable bonds is 5. The van der Waals surface area contributed by atoms with Crippen LogP contribution in [0.4, 0.5) is 5.82 Å². The van der Waals surface area contributed by atoms with Gasteiger partial charge in [-0.05, 0) is 24.5 Å². The van der Waals surface area contributed by atoms with Crippen molar-refractivity contribution in [1.29, 1.82) is 5.26 Å². The highest BCUT2D eigenvalue weighted by atomic mass is 16.3. The maximum Gasteiger partial charge on any atom is 0.142 e. The zero-order chi connectivity index (χ0) is 12.0. The Morgan fingerprint density at radius 2 is 2.25 bits per heavy atom. The first-order chi connectivity index (χ1) is 7.67. The number of hydrogen-bond donors (Lipinski definition) is 2. The molecule has 0 bridgehead atoms. The van der Waals surface area contributed by atoms with Crippen molar-refractivity contribution < 1.29 is 5.11 Å².